The summed E-state index contributed by atoms with van der Waals surface area (Å²) in [6.07, 6.45) is 4.21. The van der Waals surface area contributed by atoms with Gasteiger partial charge < -0.3 is 14.5 Å². The van der Waals surface area contributed by atoms with Gasteiger partial charge in [0.15, 0.2) is 0 Å². The molecule has 37 heavy (non-hydrogen) atoms. The van der Waals surface area contributed by atoms with Gasteiger partial charge in [0.2, 0.25) is 0 Å². The first-order chi connectivity index (χ1) is 18.0. The molecule has 3 aromatic carbocycles. The second-order valence-corrected chi connectivity index (χ2v) is 10.2. The normalized spacial score (nSPS) is 17.5. The lowest BCUT2D eigenvalue weighted by atomic mass is 10.0. The van der Waals surface area contributed by atoms with Crippen molar-refractivity contribution in [3.8, 4) is 5.75 Å². The van der Waals surface area contributed by atoms with E-state index in [-0.39, 0.29) is 24.5 Å². The first-order valence-electron chi connectivity index (χ1n) is 12.7. The molecule has 1 aliphatic rings. The lowest BCUT2D eigenvalue weighted by Gasteiger charge is -2.33. The zero-order chi connectivity index (χ0) is 26.2. The van der Waals surface area contributed by atoms with E-state index in [0.717, 1.165) is 31.2 Å². The zero-order valence-corrected chi connectivity index (χ0v) is 22.5. The number of fused-ring (bicyclic) bond motifs is 1. The predicted molar refractivity (Wildman–Crippen MR) is 149 cm³/mol. The summed E-state index contributed by atoms with van der Waals surface area (Å²) in [6, 6.07) is 22.1. The smallest absolute Gasteiger partial charge is 0.257 e. The van der Waals surface area contributed by atoms with Crippen molar-refractivity contribution < 1.29 is 14.3 Å². The molecule has 0 aromatic heterocycles. The highest BCUT2D eigenvalue weighted by molar-refractivity contribution is 6.39. The summed E-state index contributed by atoms with van der Waals surface area (Å²) in [5.74, 6) is 0.233. The van der Waals surface area contributed by atoms with Crippen LogP contribution in [0.25, 0.3) is 0 Å². The molecule has 7 heteroatoms. The van der Waals surface area contributed by atoms with Crippen molar-refractivity contribution in [2.75, 3.05) is 26.7 Å². The van der Waals surface area contributed by atoms with Gasteiger partial charge in [-0.05, 0) is 49.1 Å². The van der Waals surface area contributed by atoms with E-state index in [4.69, 9.17) is 27.9 Å². The van der Waals surface area contributed by atoms with E-state index in [1.807, 2.05) is 60.5 Å². The topological polar surface area (TPSA) is 49.9 Å². The Morgan fingerprint density at radius 1 is 0.865 bits per heavy atom. The molecule has 0 spiro atoms. The molecule has 0 unspecified atom stereocenters. The number of para-hydroxylation sites is 1. The fourth-order valence-electron chi connectivity index (χ4n) is 4.69. The monoisotopic (exact) mass is 538 g/mol. The minimum absolute atomic E-state index is 0.0666. The third kappa shape index (κ3) is 6.85. The van der Waals surface area contributed by atoms with Crippen LogP contribution in [0.15, 0.2) is 72.8 Å². The molecular formula is C30H32Cl2N2O3. The summed E-state index contributed by atoms with van der Waals surface area (Å²) in [6.45, 7) is 1.44. The summed E-state index contributed by atoms with van der Waals surface area (Å²) in [4.78, 5) is 30.7. The number of ether oxygens (including phenoxy) is 1. The van der Waals surface area contributed by atoms with Crippen LogP contribution in [0.5, 0.6) is 5.75 Å². The van der Waals surface area contributed by atoms with Gasteiger partial charge in [-0.15, -0.1) is 0 Å². The Labute approximate surface area is 228 Å². The van der Waals surface area contributed by atoms with Crippen LogP contribution in [0, 0.1) is 0 Å². The maximum Gasteiger partial charge on any atom is 0.257 e. The van der Waals surface area contributed by atoms with Crippen molar-refractivity contribution in [2.45, 2.75) is 38.1 Å². The molecule has 2 amide bonds. The van der Waals surface area contributed by atoms with Crippen LogP contribution < -0.4 is 4.74 Å². The van der Waals surface area contributed by atoms with Gasteiger partial charge in [0, 0.05) is 20.1 Å². The van der Waals surface area contributed by atoms with Gasteiger partial charge in [-0.1, -0.05) is 84.6 Å². The van der Waals surface area contributed by atoms with Gasteiger partial charge in [0.05, 0.1) is 27.2 Å². The minimum Gasteiger partial charge on any atom is -0.491 e. The van der Waals surface area contributed by atoms with Crippen LogP contribution in [0.2, 0.25) is 10.0 Å². The van der Waals surface area contributed by atoms with Crippen LogP contribution in [0.3, 0.4) is 0 Å². The molecule has 1 aliphatic heterocycles. The summed E-state index contributed by atoms with van der Waals surface area (Å²) in [5, 5.41) is 0.658. The maximum atomic E-state index is 14.0. The molecule has 0 N–H and O–H groups in total. The van der Waals surface area contributed by atoms with E-state index in [1.54, 1.807) is 29.2 Å². The number of benzene rings is 3. The first kappa shape index (κ1) is 27.0. The van der Waals surface area contributed by atoms with Crippen molar-refractivity contribution in [1.82, 2.24) is 9.80 Å². The number of nitrogens with zero attached hydrogens (tertiary/aromatic N) is 2. The second kappa shape index (κ2) is 13.0. The first-order valence-corrected chi connectivity index (χ1v) is 13.5. The molecular weight excluding hydrogens is 507 g/mol. The van der Waals surface area contributed by atoms with Gasteiger partial charge in [0.1, 0.15) is 12.4 Å². The molecule has 0 aliphatic carbocycles. The summed E-state index contributed by atoms with van der Waals surface area (Å²) < 4.78 is 6.31. The Bertz CT molecular complexity index is 1200. The molecule has 5 nitrogen and oxygen atoms in total. The van der Waals surface area contributed by atoms with Crippen molar-refractivity contribution in [3.63, 3.8) is 0 Å². The Balaban J connectivity index is 1.72. The number of carbonyl (C=O) groups is 2. The van der Waals surface area contributed by atoms with Crippen LogP contribution in [0.4, 0.5) is 0 Å². The van der Waals surface area contributed by atoms with E-state index in [0.29, 0.717) is 46.4 Å². The van der Waals surface area contributed by atoms with Crippen LogP contribution >= 0.6 is 23.2 Å². The molecule has 194 valence electrons. The molecule has 0 radical (unpaired) electrons. The van der Waals surface area contributed by atoms with E-state index in [2.05, 4.69) is 0 Å². The van der Waals surface area contributed by atoms with E-state index >= 15 is 0 Å². The van der Waals surface area contributed by atoms with Crippen molar-refractivity contribution in [2.24, 2.45) is 0 Å². The average Bonchev–Trinajstić information content (AvgIpc) is 2.90. The maximum absolute atomic E-state index is 14.0. The van der Waals surface area contributed by atoms with Crippen molar-refractivity contribution in [1.29, 1.82) is 0 Å². The van der Waals surface area contributed by atoms with Gasteiger partial charge >= 0.3 is 0 Å². The Hall–Kier alpha value is -3.02. The highest BCUT2D eigenvalue weighted by Crippen LogP contribution is 2.28. The number of hydrogen-bond donors (Lipinski definition) is 0. The van der Waals surface area contributed by atoms with Crippen LogP contribution in [-0.2, 0) is 6.42 Å². The highest BCUT2D eigenvalue weighted by Gasteiger charge is 2.29. The summed E-state index contributed by atoms with van der Waals surface area (Å²) in [5.41, 5.74) is 1.92. The predicted octanol–water partition coefficient (Wildman–Crippen LogP) is 6.77. The standard InChI is InChI=1S/C30H32Cl2N2O3/c1-33-18-9-2-3-10-19-34(30(36)28-25(31)15-11-16-26(28)32)23(20-22-12-5-4-6-13-22)21-37-27-17-8-7-14-24(27)29(33)35/h4-8,11-17,23H,2-3,9-10,18-21H2,1H3/t23-/m1/s1. The number of halogens is 2. The lowest BCUT2D eigenvalue weighted by molar-refractivity contribution is 0.0599. The highest BCUT2D eigenvalue weighted by atomic mass is 35.5. The molecule has 0 saturated carbocycles. The largest absolute Gasteiger partial charge is 0.491 e. The molecule has 0 fully saturated rings. The Morgan fingerprint density at radius 2 is 1.51 bits per heavy atom. The number of hydrogen-bond acceptors (Lipinski definition) is 3. The van der Waals surface area contributed by atoms with Gasteiger partial charge in [-0.2, -0.15) is 0 Å². The number of carbonyl (C=O) groups excluding carboxylic acids is 2. The average molecular weight is 540 g/mol. The Morgan fingerprint density at radius 3 is 2.24 bits per heavy atom. The van der Waals surface area contributed by atoms with E-state index in [9.17, 15) is 9.59 Å². The van der Waals surface area contributed by atoms with Crippen molar-refractivity contribution >= 4 is 35.0 Å². The fourth-order valence-corrected chi connectivity index (χ4v) is 5.25. The van der Waals surface area contributed by atoms with Gasteiger partial charge in [0.25, 0.3) is 11.8 Å². The summed E-state index contributed by atoms with van der Waals surface area (Å²) in [7, 11) is 1.83. The van der Waals surface area contributed by atoms with Crippen LogP contribution in [-0.4, -0.2) is 54.4 Å². The SMILES string of the molecule is CN1CCCCCCN(C(=O)c2c(Cl)cccc2Cl)[C@H](Cc2ccccc2)COc2ccccc2C1=O. The quantitative estimate of drug-likeness (QED) is 0.369. The fraction of sp³-hybridized carbons (Fsp3) is 0.333. The van der Waals surface area contributed by atoms with Gasteiger partial charge in [-0.3, -0.25) is 9.59 Å². The second-order valence-electron chi connectivity index (χ2n) is 9.39. The third-order valence-corrected chi connectivity index (χ3v) is 7.36. The number of rotatable bonds is 3. The third-order valence-electron chi connectivity index (χ3n) is 6.73. The Kier molecular flexibility index (Phi) is 9.48. The van der Waals surface area contributed by atoms with E-state index in [1.165, 1.54) is 0 Å². The van der Waals surface area contributed by atoms with Gasteiger partial charge in [-0.25, -0.2) is 0 Å². The van der Waals surface area contributed by atoms with Crippen molar-refractivity contribution in [3.05, 3.63) is 99.5 Å². The molecule has 1 atom stereocenters. The molecule has 0 saturated heterocycles. The zero-order valence-electron chi connectivity index (χ0n) is 21.0. The molecule has 3 aromatic rings. The summed E-state index contributed by atoms with van der Waals surface area (Å²) >= 11 is 12.9. The van der Waals surface area contributed by atoms with Crippen LogP contribution in [0.1, 0.15) is 52.0 Å². The minimum atomic E-state index is -0.300. The van der Waals surface area contributed by atoms with E-state index < -0.39 is 0 Å². The lowest BCUT2D eigenvalue weighted by Crippen LogP contribution is -2.46. The number of amides is 2. The molecule has 0 bridgehead atoms. The molecule has 1 heterocycles. The molecule has 4 rings (SSSR count).